The highest BCUT2D eigenvalue weighted by atomic mass is 19.4. The Morgan fingerprint density at radius 3 is 2.39 bits per heavy atom. The minimum Gasteiger partial charge on any atom is -0.478 e. The van der Waals surface area contributed by atoms with E-state index in [1.807, 2.05) is 0 Å². The average molecular weight is 261 g/mol. The molecule has 0 heterocycles. The Bertz CT molecular complexity index is 443. The van der Waals surface area contributed by atoms with Crippen LogP contribution in [0.1, 0.15) is 22.8 Å². The molecule has 1 aromatic carbocycles. The van der Waals surface area contributed by atoms with E-state index in [2.05, 4.69) is 0 Å². The van der Waals surface area contributed by atoms with Crippen LogP contribution in [0, 0.1) is 6.92 Å². The van der Waals surface area contributed by atoms with Crippen LogP contribution >= 0.6 is 0 Å². The number of anilines is 1. The molecule has 0 aliphatic rings. The molecule has 0 unspecified atom stereocenters. The van der Waals surface area contributed by atoms with E-state index in [-0.39, 0.29) is 12.1 Å². The van der Waals surface area contributed by atoms with Crippen molar-refractivity contribution >= 4 is 11.7 Å². The van der Waals surface area contributed by atoms with Crippen molar-refractivity contribution in [1.82, 2.24) is 0 Å². The van der Waals surface area contributed by atoms with Gasteiger partial charge in [-0.1, -0.05) is 0 Å². The van der Waals surface area contributed by atoms with Crippen molar-refractivity contribution in [3.8, 4) is 0 Å². The van der Waals surface area contributed by atoms with Gasteiger partial charge in [-0.25, -0.2) is 4.79 Å². The quantitative estimate of drug-likeness (QED) is 0.905. The fraction of sp³-hybridized carbons (Fsp3) is 0.417. The van der Waals surface area contributed by atoms with Crippen molar-refractivity contribution in [2.75, 3.05) is 18.0 Å². The molecule has 0 atom stereocenters. The average Bonchev–Trinajstić information content (AvgIpc) is 2.24. The maximum absolute atomic E-state index is 12.4. The molecule has 18 heavy (non-hydrogen) atoms. The molecule has 0 aliphatic carbocycles. The second-order valence-electron chi connectivity index (χ2n) is 3.93. The first-order valence-electron chi connectivity index (χ1n) is 5.40. The predicted octanol–water partition coefficient (Wildman–Crippen LogP) is 3.08. The van der Waals surface area contributed by atoms with Gasteiger partial charge in [0.2, 0.25) is 0 Å². The van der Waals surface area contributed by atoms with Crippen LogP contribution in [0.4, 0.5) is 18.9 Å². The lowest BCUT2D eigenvalue weighted by Gasteiger charge is -2.25. The first kappa shape index (κ1) is 14.3. The minimum atomic E-state index is -4.28. The number of carboxylic acids is 1. The Kier molecular flexibility index (Phi) is 4.21. The summed E-state index contributed by atoms with van der Waals surface area (Å²) in [5, 5.41) is 8.85. The highest BCUT2D eigenvalue weighted by molar-refractivity contribution is 5.89. The van der Waals surface area contributed by atoms with E-state index in [1.165, 1.54) is 18.2 Å². The molecule has 0 bridgehead atoms. The molecule has 0 fully saturated rings. The van der Waals surface area contributed by atoms with Crippen LogP contribution in [0.3, 0.4) is 0 Å². The van der Waals surface area contributed by atoms with Crippen LogP contribution in [0.15, 0.2) is 18.2 Å². The number of nitrogens with zero attached hydrogens (tertiary/aromatic N) is 1. The molecule has 3 nitrogen and oxygen atoms in total. The number of benzene rings is 1. The molecular formula is C12H14F3NO2. The number of carboxylic acid groups (broad SMARTS) is 1. The molecule has 1 aromatic rings. The summed E-state index contributed by atoms with van der Waals surface area (Å²) in [6.45, 7) is 2.33. The third-order valence-electron chi connectivity index (χ3n) is 2.56. The van der Waals surface area contributed by atoms with Crippen LogP contribution in [-0.2, 0) is 0 Å². The fourth-order valence-electron chi connectivity index (χ4n) is 1.69. The van der Waals surface area contributed by atoms with E-state index in [0.717, 1.165) is 4.90 Å². The van der Waals surface area contributed by atoms with E-state index < -0.39 is 18.7 Å². The van der Waals surface area contributed by atoms with Gasteiger partial charge in [0.15, 0.2) is 0 Å². The number of rotatable bonds is 4. The standard InChI is InChI=1S/C12H14F3NO2/c1-3-16(7-12(13,14)15)9-4-5-10(11(17)18)8(2)6-9/h4-6H,3,7H2,1-2H3,(H,17,18). The second-order valence-corrected chi connectivity index (χ2v) is 3.93. The van der Waals surface area contributed by atoms with Gasteiger partial charge in [-0.2, -0.15) is 13.2 Å². The van der Waals surface area contributed by atoms with Gasteiger partial charge in [-0.05, 0) is 37.6 Å². The number of alkyl halides is 3. The van der Waals surface area contributed by atoms with Crippen molar-refractivity contribution in [1.29, 1.82) is 0 Å². The van der Waals surface area contributed by atoms with Crippen molar-refractivity contribution in [2.24, 2.45) is 0 Å². The summed E-state index contributed by atoms with van der Waals surface area (Å²) in [5.41, 5.74) is 0.916. The number of aromatic carboxylic acids is 1. The summed E-state index contributed by atoms with van der Waals surface area (Å²) in [6, 6.07) is 4.18. The van der Waals surface area contributed by atoms with Crippen molar-refractivity contribution < 1.29 is 23.1 Å². The monoisotopic (exact) mass is 261 g/mol. The third-order valence-corrected chi connectivity index (χ3v) is 2.56. The van der Waals surface area contributed by atoms with E-state index >= 15 is 0 Å². The number of carbonyl (C=O) groups is 1. The van der Waals surface area contributed by atoms with Crippen LogP contribution in [0.25, 0.3) is 0 Å². The first-order chi connectivity index (χ1) is 8.24. The Labute approximate surface area is 103 Å². The molecule has 1 rings (SSSR count). The zero-order valence-electron chi connectivity index (χ0n) is 10.1. The first-order valence-corrected chi connectivity index (χ1v) is 5.40. The number of hydrogen-bond acceptors (Lipinski definition) is 2. The molecule has 0 spiro atoms. The highest BCUT2D eigenvalue weighted by Gasteiger charge is 2.30. The van der Waals surface area contributed by atoms with Gasteiger partial charge >= 0.3 is 12.1 Å². The van der Waals surface area contributed by atoms with E-state index in [1.54, 1.807) is 13.8 Å². The van der Waals surface area contributed by atoms with Gasteiger partial charge in [-0.15, -0.1) is 0 Å². The molecule has 0 radical (unpaired) electrons. The lowest BCUT2D eigenvalue weighted by atomic mass is 10.1. The molecule has 100 valence electrons. The SMILES string of the molecule is CCN(CC(F)(F)F)c1ccc(C(=O)O)c(C)c1. The minimum absolute atomic E-state index is 0.0989. The van der Waals surface area contributed by atoms with E-state index in [0.29, 0.717) is 11.3 Å². The molecule has 1 N–H and O–H groups in total. The second kappa shape index (κ2) is 5.29. The maximum atomic E-state index is 12.4. The summed E-state index contributed by atoms with van der Waals surface area (Å²) < 4.78 is 37.1. The van der Waals surface area contributed by atoms with E-state index in [4.69, 9.17) is 5.11 Å². The molecular weight excluding hydrogens is 247 g/mol. The highest BCUT2D eigenvalue weighted by Crippen LogP contribution is 2.24. The van der Waals surface area contributed by atoms with Gasteiger partial charge in [0.25, 0.3) is 0 Å². The number of halogens is 3. The normalized spacial score (nSPS) is 11.4. The van der Waals surface area contributed by atoms with Crippen LogP contribution in [-0.4, -0.2) is 30.3 Å². The Morgan fingerprint density at radius 1 is 1.39 bits per heavy atom. The molecule has 0 aliphatic heterocycles. The van der Waals surface area contributed by atoms with Gasteiger partial charge < -0.3 is 10.0 Å². The Balaban J connectivity index is 3.01. The molecule has 6 heteroatoms. The Morgan fingerprint density at radius 2 is 2.00 bits per heavy atom. The summed E-state index contributed by atoms with van der Waals surface area (Å²) in [7, 11) is 0. The zero-order valence-corrected chi connectivity index (χ0v) is 10.1. The van der Waals surface area contributed by atoms with Crippen LogP contribution in [0.2, 0.25) is 0 Å². The van der Waals surface area contributed by atoms with Crippen molar-refractivity contribution in [3.63, 3.8) is 0 Å². The largest absolute Gasteiger partial charge is 0.478 e. The number of aryl methyl sites for hydroxylation is 1. The number of hydrogen-bond donors (Lipinski definition) is 1. The summed E-state index contributed by atoms with van der Waals surface area (Å²) in [4.78, 5) is 12.0. The van der Waals surface area contributed by atoms with E-state index in [9.17, 15) is 18.0 Å². The topological polar surface area (TPSA) is 40.5 Å². The lowest BCUT2D eigenvalue weighted by Crippen LogP contribution is -2.34. The van der Waals surface area contributed by atoms with Crippen LogP contribution in [0.5, 0.6) is 0 Å². The van der Waals surface area contributed by atoms with Gasteiger partial charge in [0.1, 0.15) is 6.54 Å². The van der Waals surface area contributed by atoms with Crippen molar-refractivity contribution in [3.05, 3.63) is 29.3 Å². The Hall–Kier alpha value is -1.72. The van der Waals surface area contributed by atoms with Gasteiger partial charge in [0.05, 0.1) is 5.56 Å². The summed E-state index contributed by atoms with van der Waals surface area (Å²) >= 11 is 0. The summed E-state index contributed by atoms with van der Waals surface area (Å²) in [6.07, 6.45) is -4.28. The van der Waals surface area contributed by atoms with Crippen LogP contribution < -0.4 is 4.90 Å². The fourth-order valence-corrected chi connectivity index (χ4v) is 1.69. The lowest BCUT2D eigenvalue weighted by molar-refractivity contribution is -0.119. The third kappa shape index (κ3) is 3.65. The van der Waals surface area contributed by atoms with Gasteiger partial charge in [-0.3, -0.25) is 0 Å². The van der Waals surface area contributed by atoms with Crippen molar-refractivity contribution in [2.45, 2.75) is 20.0 Å². The smallest absolute Gasteiger partial charge is 0.405 e. The molecule has 0 saturated heterocycles. The van der Waals surface area contributed by atoms with Gasteiger partial charge in [0, 0.05) is 12.2 Å². The molecule has 0 saturated carbocycles. The molecule has 0 amide bonds. The molecule has 0 aromatic heterocycles. The summed E-state index contributed by atoms with van der Waals surface area (Å²) in [5.74, 6) is -1.09. The zero-order chi connectivity index (χ0) is 13.9. The predicted molar refractivity (Wildman–Crippen MR) is 62.1 cm³/mol. The maximum Gasteiger partial charge on any atom is 0.405 e.